The first-order chi connectivity index (χ1) is 9.34. The molecule has 0 unspecified atom stereocenters. The molecule has 1 N–H and O–H groups in total. The van der Waals surface area contributed by atoms with Crippen LogP contribution in [0.5, 0.6) is 0 Å². The molecule has 3 nitrogen and oxygen atoms in total. The smallest absolute Gasteiger partial charge is 0.0841 e. The molecule has 0 aliphatic heterocycles. The van der Waals surface area contributed by atoms with Crippen LogP contribution >= 0.6 is 11.3 Å². The third-order valence-electron chi connectivity index (χ3n) is 3.26. The first-order valence-corrected chi connectivity index (χ1v) is 7.36. The quantitative estimate of drug-likeness (QED) is 0.723. The summed E-state index contributed by atoms with van der Waals surface area (Å²) in [6.07, 6.45) is 1.09. The van der Waals surface area contributed by atoms with Crippen molar-refractivity contribution in [2.24, 2.45) is 7.05 Å². The first kappa shape index (κ1) is 12.4. The molecule has 4 heteroatoms. The van der Waals surface area contributed by atoms with E-state index in [1.165, 1.54) is 15.8 Å². The van der Waals surface area contributed by atoms with Crippen LogP contribution in [0.1, 0.15) is 10.6 Å². The van der Waals surface area contributed by atoms with E-state index in [2.05, 4.69) is 52.2 Å². The highest BCUT2D eigenvalue weighted by Gasteiger charge is 2.06. The summed E-state index contributed by atoms with van der Waals surface area (Å²) in [7, 11) is 2.00. The fourth-order valence-corrected chi connectivity index (χ4v) is 3.00. The van der Waals surface area contributed by atoms with Crippen molar-refractivity contribution in [3.05, 3.63) is 52.3 Å². The number of aromatic nitrogens is 2. The molecule has 0 aliphatic rings. The maximum atomic E-state index is 4.58. The van der Waals surface area contributed by atoms with Gasteiger partial charge in [-0.1, -0.05) is 24.3 Å². The fraction of sp³-hybridized carbons (Fsp3) is 0.267. The zero-order chi connectivity index (χ0) is 13.1. The van der Waals surface area contributed by atoms with Crippen LogP contribution in [0.15, 0.2) is 41.8 Å². The zero-order valence-electron chi connectivity index (χ0n) is 11.0. The highest BCUT2D eigenvalue weighted by Crippen LogP contribution is 2.17. The second-order valence-electron chi connectivity index (χ2n) is 4.59. The van der Waals surface area contributed by atoms with Gasteiger partial charge in [0.15, 0.2) is 0 Å². The molecule has 2 heterocycles. The Morgan fingerprint density at radius 1 is 1.21 bits per heavy atom. The van der Waals surface area contributed by atoms with Gasteiger partial charge in [-0.15, -0.1) is 11.3 Å². The molecule has 0 radical (unpaired) electrons. The summed E-state index contributed by atoms with van der Waals surface area (Å²) in [4.78, 5) is 1.43. The van der Waals surface area contributed by atoms with Crippen molar-refractivity contribution in [3.8, 4) is 0 Å². The van der Waals surface area contributed by atoms with E-state index < -0.39 is 0 Å². The second-order valence-corrected chi connectivity index (χ2v) is 5.63. The largest absolute Gasteiger partial charge is 0.311 e. The van der Waals surface area contributed by atoms with Gasteiger partial charge >= 0.3 is 0 Å². The lowest BCUT2D eigenvalue weighted by Gasteiger charge is -2.01. The van der Waals surface area contributed by atoms with Gasteiger partial charge in [0, 0.05) is 30.4 Å². The Bertz CT molecular complexity index is 655. The number of para-hydroxylation sites is 1. The molecule has 0 fully saturated rings. The average Bonchev–Trinajstić information content (AvgIpc) is 3.04. The maximum Gasteiger partial charge on any atom is 0.0841 e. The van der Waals surface area contributed by atoms with E-state index in [1.54, 1.807) is 0 Å². The lowest BCUT2D eigenvalue weighted by molar-refractivity contribution is 0.661. The standard InChI is InChI=1S/C15H17N3S/c1-18-15-7-3-2-6-13(15)14(17-18)11-16-9-8-12-5-4-10-19-12/h2-7,10,16H,8-9,11H2,1H3. The number of rotatable bonds is 5. The first-order valence-electron chi connectivity index (χ1n) is 6.48. The van der Waals surface area contributed by atoms with Gasteiger partial charge in [-0.3, -0.25) is 4.68 Å². The Hall–Kier alpha value is -1.65. The number of hydrogen-bond donors (Lipinski definition) is 1. The Balaban J connectivity index is 1.62. The van der Waals surface area contributed by atoms with Crippen molar-refractivity contribution in [2.45, 2.75) is 13.0 Å². The lowest BCUT2D eigenvalue weighted by Crippen LogP contribution is -2.16. The van der Waals surface area contributed by atoms with Gasteiger partial charge < -0.3 is 5.32 Å². The highest BCUT2D eigenvalue weighted by molar-refractivity contribution is 7.09. The molecule has 3 aromatic rings. The third-order valence-corrected chi connectivity index (χ3v) is 4.19. The van der Waals surface area contributed by atoms with Crippen LogP contribution in [-0.2, 0) is 20.0 Å². The van der Waals surface area contributed by atoms with Crippen LogP contribution in [0.25, 0.3) is 10.9 Å². The van der Waals surface area contributed by atoms with E-state index in [0.29, 0.717) is 0 Å². The predicted molar refractivity (Wildman–Crippen MR) is 80.4 cm³/mol. The van der Waals surface area contributed by atoms with E-state index in [9.17, 15) is 0 Å². The molecule has 0 saturated carbocycles. The van der Waals surface area contributed by atoms with Gasteiger partial charge in [0.2, 0.25) is 0 Å². The van der Waals surface area contributed by atoms with Crippen LogP contribution in [0.3, 0.4) is 0 Å². The van der Waals surface area contributed by atoms with Crippen molar-refractivity contribution >= 4 is 22.2 Å². The Morgan fingerprint density at radius 3 is 2.95 bits per heavy atom. The summed E-state index contributed by atoms with van der Waals surface area (Å²) in [5.41, 5.74) is 2.32. The topological polar surface area (TPSA) is 29.9 Å². The number of nitrogens with zero attached hydrogens (tertiary/aromatic N) is 2. The third kappa shape index (κ3) is 2.69. The molecular formula is C15H17N3S. The number of nitrogens with one attached hydrogen (secondary N) is 1. The Labute approximate surface area is 116 Å². The molecule has 3 rings (SSSR count). The summed E-state index contributed by atoms with van der Waals surface area (Å²) in [6, 6.07) is 12.7. The van der Waals surface area contributed by atoms with Crippen LogP contribution < -0.4 is 5.32 Å². The van der Waals surface area contributed by atoms with Crippen LogP contribution in [-0.4, -0.2) is 16.3 Å². The molecule has 0 spiro atoms. The van der Waals surface area contributed by atoms with Gasteiger partial charge in [0.1, 0.15) is 0 Å². The van der Waals surface area contributed by atoms with Crippen molar-refractivity contribution in [1.82, 2.24) is 15.1 Å². The van der Waals surface area contributed by atoms with Crippen LogP contribution in [0.2, 0.25) is 0 Å². The van der Waals surface area contributed by atoms with Crippen LogP contribution in [0.4, 0.5) is 0 Å². The molecule has 0 atom stereocenters. The van der Waals surface area contributed by atoms with E-state index in [1.807, 2.05) is 23.1 Å². The minimum Gasteiger partial charge on any atom is -0.311 e. The SMILES string of the molecule is Cn1nc(CNCCc2cccs2)c2ccccc21. The van der Waals surface area contributed by atoms with Gasteiger partial charge in [-0.2, -0.15) is 5.10 Å². The number of benzene rings is 1. The summed E-state index contributed by atoms with van der Waals surface area (Å²) in [5.74, 6) is 0. The van der Waals surface area contributed by atoms with Gasteiger partial charge in [0.25, 0.3) is 0 Å². The highest BCUT2D eigenvalue weighted by atomic mass is 32.1. The average molecular weight is 271 g/mol. The van der Waals surface area contributed by atoms with Gasteiger partial charge in [0.05, 0.1) is 11.2 Å². The molecular weight excluding hydrogens is 254 g/mol. The van der Waals surface area contributed by atoms with E-state index in [0.717, 1.165) is 25.2 Å². The molecule has 1 aromatic carbocycles. The van der Waals surface area contributed by atoms with Crippen LogP contribution in [0, 0.1) is 0 Å². The number of thiophene rings is 1. The molecule has 0 amide bonds. The Kier molecular flexibility index (Phi) is 3.62. The summed E-state index contributed by atoms with van der Waals surface area (Å²) >= 11 is 1.82. The van der Waals surface area contributed by atoms with Crippen molar-refractivity contribution in [3.63, 3.8) is 0 Å². The predicted octanol–water partition coefficient (Wildman–Crippen LogP) is 2.97. The fourth-order valence-electron chi connectivity index (χ4n) is 2.29. The summed E-state index contributed by atoms with van der Waals surface area (Å²) < 4.78 is 1.95. The Morgan fingerprint density at radius 2 is 2.11 bits per heavy atom. The minimum absolute atomic E-state index is 0.826. The number of fused-ring (bicyclic) bond motifs is 1. The second kappa shape index (κ2) is 5.55. The molecule has 19 heavy (non-hydrogen) atoms. The summed E-state index contributed by atoms with van der Waals surface area (Å²) in [5, 5.41) is 11.4. The minimum atomic E-state index is 0.826. The molecule has 0 aliphatic carbocycles. The van der Waals surface area contributed by atoms with Crippen molar-refractivity contribution < 1.29 is 0 Å². The maximum absolute atomic E-state index is 4.58. The van der Waals surface area contributed by atoms with E-state index in [-0.39, 0.29) is 0 Å². The van der Waals surface area contributed by atoms with Crippen molar-refractivity contribution in [1.29, 1.82) is 0 Å². The monoisotopic (exact) mass is 271 g/mol. The number of hydrogen-bond acceptors (Lipinski definition) is 3. The van der Waals surface area contributed by atoms with Gasteiger partial charge in [-0.05, 0) is 23.9 Å². The molecule has 0 bridgehead atoms. The van der Waals surface area contributed by atoms with Gasteiger partial charge in [-0.25, -0.2) is 0 Å². The number of aryl methyl sites for hydroxylation is 1. The zero-order valence-corrected chi connectivity index (χ0v) is 11.8. The molecule has 0 saturated heterocycles. The lowest BCUT2D eigenvalue weighted by atomic mass is 10.2. The van der Waals surface area contributed by atoms with E-state index >= 15 is 0 Å². The molecule has 98 valence electrons. The normalized spacial score (nSPS) is 11.2. The molecule has 2 aromatic heterocycles. The van der Waals surface area contributed by atoms with Crippen molar-refractivity contribution in [2.75, 3.05) is 6.54 Å². The summed E-state index contributed by atoms with van der Waals surface area (Å²) in [6.45, 7) is 1.82. The van der Waals surface area contributed by atoms with E-state index in [4.69, 9.17) is 0 Å².